The van der Waals surface area contributed by atoms with Crippen molar-refractivity contribution < 1.29 is 14.3 Å². The van der Waals surface area contributed by atoms with Crippen molar-refractivity contribution in [3.05, 3.63) is 35.9 Å². The van der Waals surface area contributed by atoms with Gasteiger partial charge < -0.3 is 9.47 Å². The Labute approximate surface area is 115 Å². The molecule has 3 heteroatoms. The van der Waals surface area contributed by atoms with Gasteiger partial charge in [-0.15, -0.1) is 0 Å². The van der Waals surface area contributed by atoms with Gasteiger partial charge in [0.2, 0.25) is 0 Å². The lowest BCUT2D eigenvalue weighted by atomic mass is 9.96. The topological polar surface area (TPSA) is 35.5 Å². The summed E-state index contributed by atoms with van der Waals surface area (Å²) in [6.45, 7) is 6.40. The van der Waals surface area contributed by atoms with E-state index in [4.69, 9.17) is 9.47 Å². The van der Waals surface area contributed by atoms with Gasteiger partial charge in [-0.05, 0) is 24.8 Å². The Bertz CT molecular complexity index is 388. The summed E-state index contributed by atoms with van der Waals surface area (Å²) in [6, 6.07) is 9.44. The van der Waals surface area contributed by atoms with Crippen LogP contribution in [0.5, 0.6) is 0 Å². The molecular weight excluding hydrogens is 240 g/mol. The Hall–Kier alpha value is -1.35. The third-order valence-corrected chi connectivity index (χ3v) is 3.40. The van der Waals surface area contributed by atoms with E-state index in [-0.39, 0.29) is 5.97 Å². The molecule has 0 aliphatic heterocycles. The van der Waals surface area contributed by atoms with E-state index in [1.54, 1.807) is 6.92 Å². The maximum atomic E-state index is 12.3. The van der Waals surface area contributed by atoms with E-state index in [1.165, 1.54) is 7.11 Å². The number of rotatable bonds is 7. The number of carbonyl (C=O) groups is 1. The molecule has 3 nitrogen and oxygen atoms in total. The highest BCUT2D eigenvalue weighted by molar-refractivity contribution is 5.80. The molecule has 2 unspecified atom stereocenters. The highest BCUT2D eigenvalue weighted by Crippen LogP contribution is 2.26. The summed E-state index contributed by atoms with van der Waals surface area (Å²) in [5.74, 6) is 0.0509. The van der Waals surface area contributed by atoms with Gasteiger partial charge in [-0.2, -0.15) is 0 Å². The monoisotopic (exact) mass is 264 g/mol. The van der Waals surface area contributed by atoms with Crippen LogP contribution < -0.4 is 0 Å². The predicted molar refractivity (Wildman–Crippen MR) is 75.8 cm³/mol. The summed E-state index contributed by atoms with van der Waals surface area (Å²) in [7, 11) is 1.53. The lowest BCUT2D eigenvalue weighted by Gasteiger charge is -2.27. The summed E-state index contributed by atoms with van der Waals surface area (Å²) in [5.41, 5.74) is -0.224. The van der Waals surface area contributed by atoms with Crippen molar-refractivity contribution in [1.82, 2.24) is 0 Å². The fourth-order valence-electron chi connectivity index (χ4n) is 2.01. The molecule has 1 aromatic rings. The van der Waals surface area contributed by atoms with Crippen molar-refractivity contribution in [1.29, 1.82) is 0 Å². The van der Waals surface area contributed by atoms with Crippen LogP contribution in [0.2, 0.25) is 0 Å². The lowest BCUT2D eigenvalue weighted by molar-refractivity contribution is -0.169. The molecule has 0 fully saturated rings. The van der Waals surface area contributed by atoms with Gasteiger partial charge in [-0.3, -0.25) is 0 Å². The summed E-state index contributed by atoms with van der Waals surface area (Å²) in [6.07, 6.45) is 2.15. The molecule has 0 saturated heterocycles. The third-order valence-electron chi connectivity index (χ3n) is 3.40. The fraction of sp³-hybridized carbons (Fsp3) is 0.562. The quantitative estimate of drug-likeness (QED) is 0.707. The summed E-state index contributed by atoms with van der Waals surface area (Å²) < 4.78 is 10.8. The normalized spacial score (nSPS) is 15.6. The molecule has 2 atom stereocenters. The van der Waals surface area contributed by atoms with Crippen LogP contribution in [0.4, 0.5) is 0 Å². The van der Waals surface area contributed by atoms with Crippen LogP contribution >= 0.6 is 0 Å². The van der Waals surface area contributed by atoms with Crippen LogP contribution in [0, 0.1) is 5.92 Å². The number of benzene rings is 1. The minimum Gasteiger partial charge on any atom is -0.463 e. The van der Waals surface area contributed by atoms with E-state index in [9.17, 15) is 4.79 Å². The molecule has 0 bridgehead atoms. The van der Waals surface area contributed by atoms with Crippen molar-refractivity contribution in [2.75, 3.05) is 13.7 Å². The van der Waals surface area contributed by atoms with Crippen molar-refractivity contribution >= 4 is 5.97 Å². The van der Waals surface area contributed by atoms with Crippen molar-refractivity contribution in [3.8, 4) is 0 Å². The minimum absolute atomic E-state index is 0.329. The molecule has 0 N–H and O–H groups in total. The van der Waals surface area contributed by atoms with Gasteiger partial charge in [-0.1, -0.05) is 50.6 Å². The first-order chi connectivity index (χ1) is 9.04. The zero-order valence-corrected chi connectivity index (χ0v) is 12.3. The molecule has 0 heterocycles. The molecule has 0 aromatic heterocycles. The zero-order valence-electron chi connectivity index (χ0n) is 12.3. The lowest BCUT2D eigenvalue weighted by Crippen LogP contribution is -2.37. The molecule has 0 saturated carbocycles. The number of methoxy groups -OCH3 is 1. The van der Waals surface area contributed by atoms with Crippen LogP contribution in [0.25, 0.3) is 0 Å². The van der Waals surface area contributed by atoms with E-state index >= 15 is 0 Å². The van der Waals surface area contributed by atoms with Gasteiger partial charge >= 0.3 is 5.97 Å². The van der Waals surface area contributed by atoms with Crippen LogP contribution in [0.15, 0.2) is 30.3 Å². The van der Waals surface area contributed by atoms with E-state index < -0.39 is 5.60 Å². The second-order valence-corrected chi connectivity index (χ2v) is 5.10. The van der Waals surface area contributed by atoms with E-state index in [0.717, 1.165) is 18.4 Å². The molecule has 106 valence electrons. The van der Waals surface area contributed by atoms with Gasteiger partial charge in [0.15, 0.2) is 5.60 Å². The standard InChI is InChI=1S/C16H24O3/c1-5-9-13(2)12-19-15(17)16(3,18-4)14-10-7-6-8-11-14/h6-8,10-11,13H,5,9,12H2,1-4H3. The molecule has 0 aliphatic carbocycles. The van der Waals surface area contributed by atoms with Gasteiger partial charge in [0.05, 0.1) is 6.61 Å². The summed E-state index contributed by atoms with van der Waals surface area (Å²) >= 11 is 0. The third kappa shape index (κ3) is 4.06. The van der Waals surface area contributed by atoms with E-state index in [2.05, 4.69) is 13.8 Å². The molecule has 0 amide bonds. The molecule has 1 rings (SSSR count). The van der Waals surface area contributed by atoms with Crippen LogP contribution in [0.3, 0.4) is 0 Å². The Morgan fingerprint density at radius 2 is 1.95 bits per heavy atom. The SMILES string of the molecule is CCCC(C)COC(=O)C(C)(OC)c1ccccc1. The summed E-state index contributed by atoms with van der Waals surface area (Å²) in [4.78, 5) is 12.3. The highest BCUT2D eigenvalue weighted by atomic mass is 16.6. The van der Waals surface area contributed by atoms with E-state index in [0.29, 0.717) is 12.5 Å². The average molecular weight is 264 g/mol. The second kappa shape index (κ2) is 7.29. The Morgan fingerprint density at radius 1 is 1.32 bits per heavy atom. The predicted octanol–water partition coefficient (Wildman–Crippen LogP) is 3.53. The first kappa shape index (κ1) is 15.7. The van der Waals surface area contributed by atoms with Crippen molar-refractivity contribution in [3.63, 3.8) is 0 Å². The minimum atomic E-state index is -1.03. The largest absolute Gasteiger partial charge is 0.463 e. The van der Waals surface area contributed by atoms with Crippen molar-refractivity contribution in [2.24, 2.45) is 5.92 Å². The molecular formula is C16H24O3. The van der Waals surface area contributed by atoms with E-state index in [1.807, 2.05) is 30.3 Å². The first-order valence-corrected chi connectivity index (χ1v) is 6.82. The molecule has 1 aromatic carbocycles. The maximum Gasteiger partial charge on any atom is 0.342 e. The van der Waals surface area contributed by atoms with Crippen LogP contribution in [-0.2, 0) is 19.9 Å². The van der Waals surface area contributed by atoms with Gasteiger partial charge in [0.1, 0.15) is 0 Å². The fourth-order valence-corrected chi connectivity index (χ4v) is 2.01. The second-order valence-electron chi connectivity index (χ2n) is 5.10. The van der Waals surface area contributed by atoms with Gasteiger partial charge in [0.25, 0.3) is 0 Å². The Morgan fingerprint density at radius 3 is 2.47 bits per heavy atom. The first-order valence-electron chi connectivity index (χ1n) is 6.82. The maximum absolute atomic E-state index is 12.3. The summed E-state index contributed by atoms with van der Waals surface area (Å²) in [5, 5.41) is 0. The highest BCUT2D eigenvalue weighted by Gasteiger charge is 2.37. The van der Waals surface area contributed by atoms with Crippen LogP contribution in [0.1, 0.15) is 39.2 Å². The number of carbonyl (C=O) groups excluding carboxylic acids is 1. The molecule has 0 spiro atoms. The van der Waals surface area contributed by atoms with Gasteiger partial charge in [0, 0.05) is 7.11 Å². The zero-order chi connectivity index (χ0) is 14.3. The molecule has 19 heavy (non-hydrogen) atoms. The number of esters is 1. The van der Waals surface area contributed by atoms with Crippen LogP contribution in [-0.4, -0.2) is 19.7 Å². The molecule has 0 aliphatic rings. The number of hydrogen-bond donors (Lipinski definition) is 0. The Kier molecular flexibility index (Phi) is 6.03. The number of hydrogen-bond acceptors (Lipinski definition) is 3. The Balaban J connectivity index is 2.71. The average Bonchev–Trinajstić information content (AvgIpc) is 2.45. The smallest absolute Gasteiger partial charge is 0.342 e. The van der Waals surface area contributed by atoms with Gasteiger partial charge in [-0.25, -0.2) is 4.79 Å². The van der Waals surface area contributed by atoms with Crippen molar-refractivity contribution in [2.45, 2.75) is 39.2 Å². The molecule has 0 radical (unpaired) electrons. The number of ether oxygens (including phenoxy) is 2.